The summed E-state index contributed by atoms with van der Waals surface area (Å²) in [7, 11) is 0. The molecule has 18 heavy (non-hydrogen) atoms. The van der Waals surface area contributed by atoms with Gasteiger partial charge in [0.1, 0.15) is 0 Å². The molecule has 0 radical (unpaired) electrons. The van der Waals surface area contributed by atoms with Gasteiger partial charge in [-0.1, -0.05) is 31.2 Å². The molecular formula is C15H18N2S. The van der Waals surface area contributed by atoms with Crippen molar-refractivity contribution in [2.45, 2.75) is 38.5 Å². The van der Waals surface area contributed by atoms with Crippen LogP contribution in [0.3, 0.4) is 0 Å². The van der Waals surface area contributed by atoms with Crippen LogP contribution >= 0.6 is 11.3 Å². The van der Waals surface area contributed by atoms with Crippen LogP contribution in [0.2, 0.25) is 0 Å². The fourth-order valence-corrected chi connectivity index (χ4v) is 3.28. The van der Waals surface area contributed by atoms with Gasteiger partial charge in [-0.05, 0) is 30.4 Å². The van der Waals surface area contributed by atoms with Gasteiger partial charge in [0.15, 0.2) is 5.13 Å². The molecule has 2 aromatic rings. The number of anilines is 1. The number of rotatable bonds is 4. The zero-order valence-corrected chi connectivity index (χ0v) is 11.5. The molecule has 0 amide bonds. The van der Waals surface area contributed by atoms with Crippen molar-refractivity contribution >= 4 is 16.5 Å². The molecular weight excluding hydrogens is 240 g/mol. The summed E-state index contributed by atoms with van der Waals surface area (Å²) in [5.74, 6) is 0.683. The van der Waals surface area contributed by atoms with Crippen molar-refractivity contribution in [3.63, 3.8) is 0 Å². The highest BCUT2D eigenvalue weighted by molar-refractivity contribution is 7.15. The second-order valence-corrected chi connectivity index (χ2v) is 6.10. The molecule has 0 bridgehead atoms. The van der Waals surface area contributed by atoms with Crippen LogP contribution < -0.4 is 5.73 Å². The average molecular weight is 258 g/mol. The first-order chi connectivity index (χ1) is 8.76. The lowest BCUT2D eigenvalue weighted by molar-refractivity contribution is 1.01. The van der Waals surface area contributed by atoms with E-state index >= 15 is 0 Å². The fraction of sp³-hybridized carbons (Fsp3) is 0.400. The third-order valence-corrected chi connectivity index (χ3v) is 4.37. The van der Waals surface area contributed by atoms with Gasteiger partial charge in [0.05, 0.1) is 5.69 Å². The molecule has 3 heteroatoms. The Bertz CT molecular complexity index is 555. The molecule has 1 fully saturated rings. The minimum absolute atomic E-state index is 0.683. The monoisotopic (exact) mass is 258 g/mol. The molecule has 1 saturated carbocycles. The van der Waals surface area contributed by atoms with E-state index in [1.165, 1.54) is 34.5 Å². The minimum Gasteiger partial charge on any atom is -0.375 e. The second-order valence-electron chi connectivity index (χ2n) is 4.99. The molecule has 0 saturated heterocycles. The number of thiazole rings is 1. The molecule has 3 rings (SSSR count). The van der Waals surface area contributed by atoms with Crippen LogP contribution in [0.15, 0.2) is 24.3 Å². The van der Waals surface area contributed by atoms with Gasteiger partial charge in [0, 0.05) is 17.2 Å². The second kappa shape index (κ2) is 4.73. The first kappa shape index (κ1) is 11.7. The van der Waals surface area contributed by atoms with E-state index in [1.807, 2.05) is 0 Å². The van der Waals surface area contributed by atoms with Crippen molar-refractivity contribution in [2.24, 2.45) is 0 Å². The number of hydrogen-bond donors (Lipinski definition) is 1. The Labute approximate surface area is 112 Å². The van der Waals surface area contributed by atoms with Crippen molar-refractivity contribution in [1.29, 1.82) is 0 Å². The van der Waals surface area contributed by atoms with Gasteiger partial charge < -0.3 is 5.73 Å². The van der Waals surface area contributed by atoms with Crippen molar-refractivity contribution < 1.29 is 0 Å². The van der Waals surface area contributed by atoms with Gasteiger partial charge >= 0.3 is 0 Å². The first-order valence-corrected chi connectivity index (χ1v) is 7.40. The third kappa shape index (κ3) is 2.41. The highest BCUT2D eigenvalue weighted by Crippen LogP contribution is 2.43. The predicted molar refractivity (Wildman–Crippen MR) is 77.1 cm³/mol. The first-order valence-electron chi connectivity index (χ1n) is 6.59. The summed E-state index contributed by atoms with van der Waals surface area (Å²) in [4.78, 5) is 5.87. The maximum absolute atomic E-state index is 5.86. The predicted octanol–water partition coefficient (Wildman–Crippen LogP) is 3.76. The zero-order chi connectivity index (χ0) is 12.5. The summed E-state index contributed by atoms with van der Waals surface area (Å²) in [6.07, 6.45) is 4.64. The van der Waals surface area contributed by atoms with Crippen LogP contribution in [0.5, 0.6) is 0 Å². The van der Waals surface area contributed by atoms with Gasteiger partial charge in [0.25, 0.3) is 0 Å². The Balaban J connectivity index is 1.86. The van der Waals surface area contributed by atoms with Crippen LogP contribution in [0, 0.1) is 0 Å². The van der Waals surface area contributed by atoms with Gasteiger partial charge in [-0.2, -0.15) is 0 Å². The Morgan fingerprint density at radius 3 is 2.83 bits per heavy atom. The highest BCUT2D eigenvalue weighted by atomic mass is 32.1. The summed E-state index contributed by atoms with van der Waals surface area (Å²) in [5.41, 5.74) is 9.90. The normalized spacial score (nSPS) is 14.9. The Kier molecular flexibility index (Phi) is 3.08. The van der Waals surface area contributed by atoms with Gasteiger partial charge in [-0.15, -0.1) is 11.3 Å². The van der Waals surface area contributed by atoms with E-state index in [0.717, 1.165) is 18.0 Å². The lowest BCUT2D eigenvalue weighted by atomic mass is 10.0. The molecule has 1 aliphatic rings. The number of nitrogens with zero attached hydrogens (tertiary/aromatic N) is 1. The van der Waals surface area contributed by atoms with Crippen molar-refractivity contribution in [3.05, 3.63) is 46.0 Å². The number of nitrogens with two attached hydrogens (primary N) is 1. The molecule has 94 valence electrons. The molecule has 1 heterocycles. The van der Waals surface area contributed by atoms with Crippen molar-refractivity contribution in [2.75, 3.05) is 5.73 Å². The summed E-state index contributed by atoms with van der Waals surface area (Å²) >= 11 is 1.66. The lowest BCUT2D eigenvalue weighted by Crippen LogP contribution is -1.92. The Hall–Kier alpha value is -1.35. The molecule has 1 aliphatic carbocycles. The van der Waals surface area contributed by atoms with E-state index < -0.39 is 0 Å². The lowest BCUT2D eigenvalue weighted by Gasteiger charge is -2.03. The summed E-state index contributed by atoms with van der Waals surface area (Å²) in [6.45, 7) is 2.19. The maximum Gasteiger partial charge on any atom is 0.180 e. The van der Waals surface area contributed by atoms with Crippen LogP contribution in [0.4, 0.5) is 5.13 Å². The summed E-state index contributed by atoms with van der Waals surface area (Å²) < 4.78 is 0. The van der Waals surface area contributed by atoms with E-state index in [4.69, 9.17) is 5.73 Å². The SMILES string of the molecule is CCc1cccc(Cc2sc(N)nc2C2CC2)c1. The molecule has 0 unspecified atom stereocenters. The quantitative estimate of drug-likeness (QED) is 0.907. The van der Waals surface area contributed by atoms with Gasteiger partial charge in [-0.25, -0.2) is 4.98 Å². The van der Waals surface area contributed by atoms with Gasteiger partial charge in [-0.3, -0.25) is 0 Å². The molecule has 2 nitrogen and oxygen atoms in total. The van der Waals surface area contributed by atoms with E-state index in [-0.39, 0.29) is 0 Å². The van der Waals surface area contributed by atoms with Crippen molar-refractivity contribution in [1.82, 2.24) is 4.98 Å². The Morgan fingerprint density at radius 1 is 1.33 bits per heavy atom. The number of benzene rings is 1. The average Bonchev–Trinajstić information content (AvgIpc) is 3.15. The Morgan fingerprint density at radius 2 is 2.11 bits per heavy atom. The smallest absolute Gasteiger partial charge is 0.180 e. The fourth-order valence-electron chi connectivity index (χ4n) is 2.33. The number of hydrogen-bond acceptors (Lipinski definition) is 3. The molecule has 0 spiro atoms. The molecule has 0 atom stereocenters. The molecule has 2 N–H and O–H groups in total. The van der Waals surface area contributed by atoms with E-state index in [0.29, 0.717) is 5.92 Å². The molecule has 1 aromatic carbocycles. The van der Waals surface area contributed by atoms with Gasteiger partial charge in [0.2, 0.25) is 0 Å². The van der Waals surface area contributed by atoms with E-state index in [2.05, 4.69) is 36.2 Å². The van der Waals surface area contributed by atoms with Crippen LogP contribution in [0.25, 0.3) is 0 Å². The van der Waals surface area contributed by atoms with E-state index in [9.17, 15) is 0 Å². The van der Waals surface area contributed by atoms with Crippen LogP contribution in [-0.2, 0) is 12.8 Å². The van der Waals surface area contributed by atoms with Crippen LogP contribution in [-0.4, -0.2) is 4.98 Å². The number of aromatic nitrogens is 1. The highest BCUT2D eigenvalue weighted by Gasteiger charge is 2.29. The minimum atomic E-state index is 0.683. The largest absolute Gasteiger partial charge is 0.375 e. The summed E-state index contributed by atoms with van der Waals surface area (Å²) in [6, 6.07) is 8.83. The van der Waals surface area contributed by atoms with Crippen LogP contribution in [0.1, 0.15) is 47.4 Å². The van der Waals surface area contributed by atoms with E-state index in [1.54, 1.807) is 11.3 Å². The molecule has 0 aliphatic heterocycles. The topological polar surface area (TPSA) is 38.9 Å². The number of nitrogen functional groups attached to an aromatic ring is 1. The maximum atomic E-state index is 5.86. The third-order valence-electron chi connectivity index (χ3n) is 3.47. The zero-order valence-electron chi connectivity index (χ0n) is 10.6. The summed E-state index contributed by atoms with van der Waals surface area (Å²) in [5, 5.41) is 0.721. The number of aryl methyl sites for hydroxylation is 1. The standard InChI is InChI=1S/C15H18N2S/c1-2-10-4-3-5-11(8-10)9-13-14(12-6-7-12)17-15(16)18-13/h3-5,8,12H,2,6-7,9H2,1H3,(H2,16,17). The van der Waals surface area contributed by atoms with Crippen molar-refractivity contribution in [3.8, 4) is 0 Å². The molecule has 1 aromatic heterocycles.